The topological polar surface area (TPSA) is 29.1 Å². The minimum absolute atomic E-state index is 0.289. The Morgan fingerprint density at radius 3 is 2.43 bits per heavy atom. The maximum absolute atomic E-state index is 13.6. The summed E-state index contributed by atoms with van der Waals surface area (Å²) in [4.78, 5) is 13.1. The summed E-state index contributed by atoms with van der Waals surface area (Å²) < 4.78 is 26.7. The number of nitrogens with one attached hydrogen (secondary N) is 1. The standard InChI is InChI=1S/C16H15F2NOS/c1-10(11-6-8-12(21-2)9-7-11)19-16(20)13-4-3-5-14(17)15(13)18/h3-10H,1-2H3,(H,19,20). The number of amides is 1. The van der Waals surface area contributed by atoms with Crippen molar-refractivity contribution >= 4 is 17.7 Å². The number of hydrogen-bond acceptors (Lipinski definition) is 2. The Kier molecular flexibility index (Phi) is 4.96. The first-order valence-electron chi connectivity index (χ1n) is 6.41. The van der Waals surface area contributed by atoms with E-state index in [2.05, 4.69) is 5.32 Å². The highest BCUT2D eigenvalue weighted by Gasteiger charge is 2.17. The molecule has 21 heavy (non-hydrogen) atoms. The van der Waals surface area contributed by atoms with Crippen LogP contribution >= 0.6 is 11.8 Å². The fourth-order valence-electron chi connectivity index (χ4n) is 1.93. The predicted molar refractivity (Wildman–Crippen MR) is 80.5 cm³/mol. The number of hydrogen-bond donors (Lipinski definition) is 1. The van der Waals surface area contributed by atoms with E-state index in [9.17, 15) is 13.6 Å². The largest absolute Gasteiger partial charge is 0.345 e. The molecule has 0 saturated heterocycles. The quantitative estimate of drug-likeness (QED) is 0.859. The fourth-order valence-corrected chi connectivity index (χ4v) is 2.34. The molecule has 0 saturated carbocycles. The molecule has 0 fully saturated rings. The molecule has 2 rings (SSSR count). The number of rotatable bonds is 4. The molecule has 0 aliphatic rings. The van der Waals surface area contributed by atoms with E-state index >= 15 is 0 Å². The van der Waals surface area contributed by atoms with Crippen molar-refractivity contribution in [3.63, 3.8) is 0 Å². The molecule has 0 heterocycles. The van der Waals surface area contributed by atoms with Gasteiger partial charge in [-0.2, -0.15) is 0 Å². The van der Waals surface area contributed by atoms with Gasteiger partial charge in [-0.15, -0.1) is 11.8 Å². The molecule has 5 heteroatoms. The molecule has 0 aliphatic carbocycles. The molecule has 0 aliphatic heterocycles. The number of carbonyl (C=O) groups excluding carboxylic acids is 1. The predicted octanol–water partition coefficient (Wildman–Crippen LogP) is 4.18. The lowest BCUT2D eigenvalue weighted by atomic mass is 10.1. The molecule has 1 N–H and O–H groups in total. The van der Waals surface area contributed by atoms with E-state index in [1.54, 1.807) is 18.7 Å². The van der Waals surface area contributed by atoms with E-state index in [1.165, 1.54) is 12.1 Å². The van der Waals surface area contributed by atoms with Crippen LogP contribution in [-0.2, 0) is 0 Å². The van der Waals surface area contributed by atoms with Crippen LogP contribution in [0.1, 0.15) is 28.9 Å². The van der Waals surface area contributed by atoms with Gasteiger partial charge in [-0.1, -0.05) is 18.2 Å². The normalized spacial score (nSPS) is 12.0. The maximum Gasteiger partial charge on any atom is 0.254 e. The summed E-state index contributed by atoms with van der Waals surface area (Å²) >= 11 is 1.62. The third kappa shape index (κ3) is 3.61. The number of thioether (sulfide) groups is 1. The molecule has 2 aromatic rings. The summed E-state index contributed by atoms with van der Waals surface area (Å²) in [5.41, 5.74) is 0.612. The lowest BCUT2D eigenvalue weighted by molar-refractivity contribution is 0.0934. The van der Waals surface area contributed by atoms with E-state index in [4.69, 9.17) is 0 Å². The van der Waals surface area contributed by atoms with E-state index in [-0.39, 0.29) is 11.6 Å². The van der Waals surface area contributed by atoms with Gasteiger partial charge in [0, 0.05) is 4.90 Å². The van der Waals surface area contributed by atoms with Gasteiger partial charge in [0.25, 0.3) is 5.91 Å². The summed E-state index contributed by atoms with van der Waals surface area (Å²) in [5, 5.41) is 2.67. The highest BCUT2D eigenvalue weighted by atomic mass is 32.2. The van der Waals surface area contributed by atoms with Crippen molar-refractivity contribution in [2.45, 2.75) is 17.9 Å². The second-order valence-electron chi connectivity index (χ2n) is 4.57. The number of halogens is 2. The lowest BCUT2D eigenvalue weighted by Gasteiger charge is -2.15. The van der Waals surface area contributed by atoms with Crippen LogP contribution in [0.5, 0.6) is 0 Å². The monoisotopic (exact) mass is 307 g/mol. The highest BCUT2D eigenvalue weighted by molar-refractivity contribution is 7.98. The van der Waals surface area contributed by atoms with Crippen molar-refractivity contribution < 1.29 is 13.6 Å². The molecule has 0 spiro atoms. The van der Waals surface area contributed by atoms with E-state index in [1.807, 2.05) is 30.5 Å². The van der Waals surface area contributed by atoms with E-state index in [0.29, 0.717) is 0 Å². The molecular formula is C16H15F2NOS. The number of benzene rings is 2. The van der Waals surface area contributed by atoms with Gasteiger partial charge in [0.05, 0.1) is 11.6 Å². The zero-order chi connectivity index (χ0) is 15.4. The van der Waals surface area contributed by atoms with Crippen molar-refractivity contribution in [3.05, 3.63) is 65.2 Å². The zero-order valence-corrected chi connectivity index (χ0v) is 12.5. The third-order valence-corrected chi connectivity index (χ3v) is 3.90. The molecular weight excluding hydrogens is 292 g/mol. The van der Waals surface area contributed by atoms with Gasteiger partial charge in [0.1, 0.15) is 0 Å². The molecule has 1 atom stereocenters. The van der Waals surface area contributed by atoms with Crippen LogP contribution in [0.2, 0.25) is 0 Å². The van der Waals surface area contributed by atoms with Gasteiger partial charge in [0.15, 0.2) is 11.6 Å². The van der Waals surface area contributed by atoms with Crippen LogP contribution < -0.4 is 5.32 Å². The van der Waals surface area contributed by atoms with Crippen molar-refractivity contribution in [2.24, 2.45) is 0 Å². The van der Waals surface area contributed by atoms with Crippen molar-refractivity contribution in [2.75, 3.05) is 6.26 Å². The second kappa shape index (κ2) is 6.72. The Hall–Kier alpha value is -1.88. The molecule has 2 aromatic carbocycles. The van der Waals surface area contributed by atoms with Gasteiger partial charge in [0.2, 0.25) is 0 Å². The Labute approximate surface area is 126 Å². The van der Waals surface area contributed by atoms with Crippen molar-refractivity contribution in [1.82, 2.24) is 5.32 Å². The SMILES string of the molecule is CSc1ccc(C(C)NC(=O)c2cccc(F)c2F)cc1. The molecule has 0 radical (unpaired) electrons. The minimum Gasteiger partial charge on any atom is -0.345 e. The van der Waals surface area contributed by atoms with Crippen LogP contribution in [0.4, 0.5) is 8.78 Å². The molecule has 2 nitrogen and oxygen atoms in total. The number of carbonyl (C=O) groups is 1. The van der Waals surface area contributed by atoms with Gasteiger partial charge >= 0.3 is 0 Å². The molecule has 1 unspecified atom stereocenters. The minimum atomic E-state index is -1.13. The molecule has 1 amide bonds. The molecule has 0 bridgehead atoms. The van der Waals surface area contributed by atoms with Gasteiger partial charge < -0.3 is 5.32 Å². The Morgan fingerprint density at radius 1 is 1.14 bits per heavy atom. The highest BCUT2D eigenvalue weighted by Crippen LogP contribution is 2.19. The first-order valence-corrected chi connectivity index (χ1v) is 7.64. The van der Waals surface area contributed by atoms with Crippen molar-refractivity contribution in [3.8, 4) is 0 Å². The summed E-state index contributed by atoms with van der Waals surface area (Å²) in [6, 6.07) is 11.0. The van der Waals surface area contributed by atoms with Crippen LogP contribution in [0.15, 0.2) is 47.4 Å². The summed E-state index contributed by atoms with van der Waals surface area (Å²) in [6.45, 7) is 1.79. The van der Waals surface area contributed by atoms with Crippen LogP contribution in [0.3, 0.4) is 0 Å². The second-order valence-corrected chi connectivity index (χ2v) is 5.45. The Morgan fingerprint density at radius 2 is 1.81 bits per heavy atom. The van der Waals surface area contributed by atoms with Crippen LogP contribution in [0.25, 0.3) is 0 Å². The zero-order valence-electron chi connectivity index (χ0n) is 11.7. The molecule has 0 aromatic heterocycles. The van der Waals surface area contributed by atoms with Crippen LogP contribution in [-0.4, -0.2) is 12.2 Å². The summed E-state index contributed by atoms with van der Waals surface area (Å²) in [7, 11) is 0. The smallest absolute Gasteiger partial charge is 0.254 e. The van der Waals surface area contributed by atoms with E-state index in [0.717, 1.165) is 16.5 Å². The first kappa shape index (κ1) is 15.5. The van der Waals surface area contributed by atoms with Gasteiger partial charge in [-0.3, -0.25) is 4.79 Å². The lowest BCUT2D eigenvalue weighted by Crippen LogP contribution is -2.27. The average Bonchev–Trinajstić information content (AvgIpc) is 2.50. The Balaban J connectivity index is 2.12. The van der Waals surface area contributed by atoms with E-state index < -0.39 is 17.5 Å². The Bertz CT molecular complexity index is 643. The third-order valence-electron chi connectivity index (χ3n) is 3.16. The van der Waals surface area contributed by atoms with Crippen LogP contribution in [0, 0.1) is 11.6 Å². The maximum atomic E-state index is 13.6. The summed E-state index contributed by atoms with van der Waals surface area (Å²) in [6.07, 6.45) is 1.98. The summed E-state index contributed by atoms with van der Waals surface area (Å²) in [5.74, 6) is -2.78. The fraction of sp³-hybridized carbons (Fsp3) is 0.188. The average molecular weight is 307 g/mol. The molecule has 110 valence electrons. The van der Waals surface area contributed by atoms with Gasteiger partial charge in [-0.25, -0.2) is 8.78 Å². The van der Waals surface area contributed by atoms with Gasteiger partial charge in [-0.05, 0) is 43.0 Å². The van der Waals surface area contributed by atoms with Crippen molar-refractivity contribution in [1.29, 1.82) is 0 Å². The first-order chi connectivity index (χ1) is 10.0.